The number of nitrogens with one attached hydrogen (secondary N) is 3. The molecule has 122 valence electrons. The Balaban J connectivity index is 2.73. The number of benzene rings is 1. The molecule has 3 amide bonds. The molecular formula is C17H27N3O2. The highest BCUT2D eigenvalue weighted by molar-refractivity contribution is 5.96. The van der Waals surface area contributed by atoms with Gasteiger partial charge < -0.3 is 16.0 Å². The Kier molecular flexibility index (Phi) is 6.89. The molecule has 0 heterocycles. The lowest BCUT2D eigenvalue weighted by atomic mass is 10.1. The van der Waals surface area contributed by atoms with Crippen LogP contribution in [0.2, 0.25) is 0 Å². The maximum atomic E-state index is 12.1. The molecular weight excluding hydrogens is 278 g/mol. The molecule has 5 nitrogen and oxygen atoms in total. The number of amides is 3. The van der Waals surface area contributed by atoms with Gasteiger partial charge in [0.1, 0.15) is 0 Å². The molecule has 22 heavy (non-hydrogen) atoms. The molecule has 3 N–H and O–H groups in total. The van der Waals surface area contributed by atoms with E-state index in [1.807, 2.05) is 34.6 Å². The van der Waals surface area contributed by atoms with Gasteiger partial charge in [-0.15, -0.1) is 0 Å². The molecule has 0 saturated carbocycles. The van der Waals surface area contributed by atoms with Crippen LogP contribution < -0.4 is 16.0 Å². The smallest absolute Gasteiger partial charge is 0.319 e. The molecule has 0 unspecified atom stereocenters. The third kappa shape index (κ3) is 5.39. The second kappa shape index (κ2) is 8.41. The normalized spacial score (nSPS) is 13.1. The summed E-state index contributed by atoms with van der Waals surface area (Å²) in [6.07, 6.45) is 1.77. The Morgan fingerprint density at radius 1 is 1.05 bits per heavy atom. The zero-order chi connectivity index (χ0) is 16.7. The molecule has 0 radical (unpaired) electrons. The Morgan fingerprint density at radius 2 is 1.64 bits per heavy atom. The number of carbonyl (C=O) groups is 2. The van der Waals surface area contributed by atoms with Crippen molar-refractivity contribution in [3.05, 3.63) is 29.3 Å². The first-order valence-corrected chi connectivity index (χ1v) is 7.86. The number of hydrogen-bond donors (Lipinski definition) is 3. The average molecular weight is 305 g/mol. The highest BCUT2D eigenvalue weighted by atomic mass is 16.2. The predicted octanol–water partition coefficient (Wildman–Crippen LogP) is 3.44. The second-order valence-corrected chi connectivity index (χ2v) is 5.72. The highest BCUT2D eigenvalue weighted by Crippen LogP contribution is 2.16. The third-order valence-corrected chi connectivity index (χ3v) is 3.72. The van der Waals surface area contributed by atoms with E-state index in [9.17, 15) is 9.59 Å². The van der Waals surface area contributed by atoms with E-state index in [1.165, 1.54) is 0 Å². The van der Waals surface area contributed by atoms with E-state index in [0.29, 0.717) is 11.3 Å². The fourth-order valence-electron chi connectivity index (χ4n) is 1.84. The number of urea groups is 1. The lowest BCUT2D eigenvalue weighted by molar-refractivity contribution is 0.0939. The van der Waals surface area contributed by atoms with Crippen LogP contribution >= 0.6 is 0 Å². The van der Waals surface area contributed by atoms with E-state index in [2.05, 4.69) is 16.0 Å². The summed E-state index contributed by atoms with van der Waals surface area (Å²) in [6, 6.07) is 5.32. The highest BCUT2D eigenvalue weighted by Gasteiger charge is 2.11. The van der Waals surface area contributed by atoms with Crippen LogP contribution in [-0.2, 0) is 0 Å². The fraction of sp³-hybridized carbons (Fsp3) is 0.529. The fourth-order valence-corrected chi connectivity index (χ4v) is 1.84. The van der Waals surface area contributed by atoms with Gasteiger partial charge in [-0.3, -0.25) is 4.79 Å². The van der Waals surface area contributed by atoms with Crippen LogP contribution in [0.5, 0.6) is 0 Å². The zero-order valence-corrected chi connectivity index (χ0v) is 14.1. The summed E-state index contributed by atoms with van der Waals surface area (Å²) in [5, 5.41) is 8.59. The van der Waals surface area contributed by atoms with E-state index >= 15 is 0 Å². The molecule has 0 aliphatic rings. The standard InChI is InChI=1S/C17H27N3O2/c1-6-12(4)18-16(21)14-8-9-15(11(3)10-14)20-17(22)19-13(5)7-2/h8-10,12-13H,6-7H2,1-5H3,(H,18,21)(H2,19,20,22)/t12-,13+/m1/s1. The Hall–Kier alpha value is -2.04. The lowest BCUT2D eigenvalue weighted by Gasteiger charge is -2.15. The minimum Gasteiger partial charge on any atom is -0.350 e. The quantitative estimate of drug-likeness (QED) is 0.753. The van der Waals surface area contributed by atoms with Crippen LogP contribution in [0.4, 0.5) is 10.5 Å². The van der Waals surface area contributed by atoms with Crippen LogP contribution in [0.25, 0.3) is 0 Å². The lowest BCUT2D eigenvalue weighted by Crippen LogP contribution is -2.35. The van der Waals surface area contributed by atoms with E-state index < -0.39 is 0 Å². The number of carbonyl (C=O) groups excluding carboxylic acids is 2. The minimum atomic E-state index is -0.228. The maximum absolute atomic E-state index is 12.1. The van der Waals surface area contributed by atoms with E-state index in [-0.39, 0.29) is 24.0 Å². The van der Waals surface area contributed by atoms with Crippen LogP contribution in [0.3, 0.4) is 0 Å². The van der Waals surface area contributed by atoms with Gasteiger partial charge in [0, 0.05) is 23.3 Å². The molecule has 0 bridgehead atoms. The molecule has 0 aromatic heterocycles. The van der Waals surface area contributed by atoms with E-state index in [4.69, 9.17) is 0 Å². The van der Waals surface area contributed by atoms with Gasteiger partial charge in [0.15, 0.2) is 0 Å². The summed E-state index contributed by atoms with van der Waals surface area (Å²) in [6.45, 7) is 9.84. The largest absolute Gasteiger partial charge is 0.350 e. The van der Waals surface area contributed by atoms with Crippen molar-refractivity contribution in [2.24, 2.45) is 0 Å². The Labute approximate surface area is 132 Å². The first-order chi connectivity index (χ1) is 10.4. The van der Waals surface area contributed by atoms with Gasteiger partial charge in [-0.25, -0.2) is 4.79 Å². The molecule has 0 aliphatic carbocycles. The van der Waals surface area contributed by atoms with Crippen LogP contribution in [-0.4, -0.2) is 24.0 Å². The van der Waals surface area contributed by atoms with Crippen LogP contribution in [0.1, 0.15) is 56.5 Å². The SMILES string of the molecule is CC[C@@H](C)NC(=O)c1ccc(NC(=O)N[C@@H](C)CC)c(C)c1. The van der Waals surface area contributed by atoms with Crippen molar-refractivity contribution in [1.29, 1.82) is 0 Å². The summed E-state index contributed by atoms with van der Waals surface area (Å²) in [7, 11) is 0. The molecule has 1 rings (SSSR count). The topological polar surface area (TPSA) is 70.2 Å². The summed E-state index contributed by atoms with van der Waals surface area (Å²) < 4.78 is 0. The monoisotopic (exact) mass is 305 g/mol. The zero-order valence-electron chi connectivity index (χ0n) is 14.1. The van der Waals surface area contributed by atoms with Crippen molar-refractivity contribution in [1.82, 2.24) is 10.6 Å². The molecule has 5 heteroatoms. The van der Waals surface area contributed by atoms with Crippen molar-refractivity contribution in [2.75, 3.05) is 5.32 Å². The van der Waals surface area contributed by atoms with Crippen LogP contribution in [0, 0.1) is 6.92 Å². The van der Waals surface area contributed by atoms with Gasteiger partial charge in [0.05, 0.1) is 0 Å². The third-order valence-electron chi connectivity index (χ3n) is 3.72. The first-order valence-electron chi connectivity index (χ1n) is 7.86. The van der Waals surface area contributed by atoms with Gasteiger partial charge in [0.25, 0.3) is 5.91 Å². The first kappa shape index (κ1) is 18.0. The van der Waals surface area contributed by atoms with Gasteiger partial charge in [-0.05, 0) is 57.4 Å². The average Bonchev–Trinajstić information content (AvgIpc) is 2.48. The van der Waals surface area contributed by atoms with Crippen molar-refractivity contribution < 1.29 is 9.59 Å². The molecule has 1 aromatic rings. The van der Waals surface area contributed by atoms with Crippen molar-refractivity contribution in [2.45, 2.75) is 59.5 Å². The Bertz CT molecular complexity index is 529. The second-order valence-electron chi connectivity index (χ2n) is 5.72. The molecule has 0 spiro atoms. The number of anilines is 1. The molecule has 2 atom stereocenters. The summed E-state index contributed by atoms with van der Waals surface area (Å²) in [4.78, 5) is 23.9. The van der Waals surface area contributed by atoms with Gasteiger partial charge >= 0.3 is 6.03 Å². The predicted molar refractivity (Wildman–Crippen MR) is 90.3 cm³/mol. The minimum absolute atomic E-state index is 0.0898. The van der Waals surface area contributed by atoms with Gasteiger partial charge in [0.2, 0.25) is 0 Å². The molecule has 0 saturated heterocycles. The van der Waals surface area contributed by atoms with E-state index in [1.54, 1.807) is 18.2 Å². The molecule has 0 aliphatic heterocycles. The Morgan fingerprint density at radius 3 is 2.18 bits per heavy atom. The number of aryl methyl sites for hydroxylation is 1. The summed E-state index contributed by atoms with van der Waals surface area (Å²) in [5.74, 6) is -0.0898. The summed E-state index contributed by atoms with van der Waals surface area (Å²) >= 11 is 0. The number of rotatable bonds is 6. The van der Waals surface area contributed by atoms with Gasteiger partial charge in [-0.2, -0.15) is 0 Å². The van der Waals surface area contributed by atoms with Gasteiger partial charge in [-0.1, -0.05) is 13.8 Å². The van der Waals surface area contributed by atoms with Crippen molar-refractivity contribution in [3.63, 3.8) is 0 Å². The maximum Gasteiger partial charge on any atom is 0.319 e. The van der Waals surface area contributed by atoms with Crippen LogP contribution in [0.15, 0.2) is 18.2 Å². The van der Waals surface area contributed by atoms with Crippen molar-refractivity contribution in [3.8, 4) is 0 Å². The van der Waals surface area contributed by atoms with E-state index in [0.717, 1.165) is 18.4 Å². The molecule has 1 aromatic carbocycles. The molecule has 0 fully saturated rings. The van der Waals surface area contributed by atoms with Crippen molar-refractivity contribution >= 4 is 17.6 Å². The number of hydrogen-bond acceptors (Lipinski definition) is 2. The summed E-state index contributed by atoms with van der Waals surface area (Å²) in [5.41, 5.74) is 2.17.